The summed E-state index contributed by atoms with van der Waals surface area (Å²) in [7, 11) is 0. The van der Waals surface area contributed by atoms with Crippen molar-refractivity contribution in [3.05, 3.63) is 46.6 Å². The number of ether oxygens (including phenoxy) is 1. The molecule has 0 unspecified atom stereocenters. The molecule has 0 spiro atoms. The number of carbonyl (C=O) groups excluding carboxylic acids is 3. The Balaban J connectivity index is 1.83. The first-order valence-electron chi connectivity index (χ1n) is 7.50. The Hall–Kier alpha value is -2.38. The van der Waals surface area contributed by atoms with Crippen LogP contribution in [0.2, 0.25) is 5.02 Å². The lowest BCUT2D eigenvalue weighted by Gasteiger charge is -2.30. The van der Waals surface area contributed by atoms with Gasteiger partial charge in [0.1, 0.15) is 5.57 Å². The third-order valence-corrected chi connectivity index (χ3v) is 4.20. The number of rotatable bonds is 3. The van der Waals surface area contributed by atoms with Crippen molar-refractivity contribution in [2.45, 2.75) is 6.54 Å². The summed E-state index contributed by atoms with van der Waals surface area (Å²) in [4.78, 5) is 39.5. The fourth-order valence-corrected chi connectivity index (χ4v) is 2.71. The zero-order valence-corrected chi connectivity index (χ0v) is 13.6. The van der Waals surface area contributed by atoms with Gasteiger partial charge in [0.25, 0.3) is 11.8 Å². The molecule has 8 heteroatoms. The number of amides is 4. The Morgan fingerprint density at radius 3 is 2.58 bits per heavy atom. The first-order chi connectivity index (χ1) is 11.6. The average Bonchev–Trinajstić information content (AvgIpc) is 2.58. The number of hydrogen-bond acceptors (Lipinski definition) is 5. The Morgan fingerprint density at radius 1 is 1.17 bits per heavy atom. The van der Waals surface area contributed by atoms with Crippen LogP contribution in [0.1, 0.15) is 5.56 Å². The second-order valence-electron chi connectivity index (χ2n) is 5.43. The molecule has 0 bridgehead atoms. The topological polar surface area (TPSA) is 79.0 Å². The summed E-state index contributed by atoms with van der Waals surface area (Å²) in [6, 6.07) is 6.19. The van der Waals surface area contributed by atoms with Crippen LogP contribution in [-0.2, 0) is 20.9 Å². The van der Waals surface area contributed by atoms with Crippen LogP contribution in [0.3, 0.4) is 0 Å². The molecule has 0 radical (unpaired) electrons. The Morgan fingerprint density at radius 2 is 1.88 bits per heavy atom. The van der Waals surface area contributed by atoms with Crippen molar-refractivity contribution in [2.75, 3.05) is 26.3 Å². The molecule has 0 aromatic heterocycles. The van der Waals surface area contributed by atoms with Crippen LogP contribution < -0.4 is 5.32 Å². The molecule has 1 aromatic rings. The molecule has 2 saturated heterocycles. The van der Waals surface area contributed by atoms with Gasteiger partial charge < -0.3 is 9.64 Å². The number of benzene rings is 1. The first-order valence-corrected chi connectivity index (χ1v) is 7.88. The average molecular weight is 350 g/mol. The molecular weight excluding hydrogens is 334 g/mol. The lowest BCUT2D eigenvalue weighted by molar-refractivity contribution is -0.130. The van der Waals surface area contributed by atoms with Crippen LogP contribution >= 0.6 is 11.6 Å². The van der Waals surface area contributed by atoms with E-state index in [1.807, 2.05) is 4.90 Å². The molecule has 1 aromatic carbocycles. The number of nitrogens with zero attached hydrogens (tertiary/aromatic N) is 2. The van der Waals surface area contributed by atoms with E-state index in [1.165, 1.54) is 6.20 Å². The van der Waals surface area contributed by atoms with E-state index in [0.717, 1.165) is 4.90 Å². The normalized spacial score (nSPS) is 20.5. The largest absolute Gasteiger partial charge is 0.378 e. The van der Waals surface area contributed by atoms with E-state index in [9.17, 15) is 14.4 Å². The van der Waals surface area contributed by atoms with Crippen molar-refractivity contribution in [1.29, 1.82) is 0 Å². The number of carbonyl (C=O) groups is 3. The maximum Gasteiger partial charge on any atom is 0.331 e. The van der Waals surface area contributed by atoms with Gasteiger partial charge in [-0.3, -0.25) is 19.8 Å². The lowest BCUT2D eigenvalue weighted by Crippen LogP contribution is -2.54. The monoisotopic (exact) mass is 349 g/mol. The maximum atomic E-state index is 12.6. The minimum Gasteiger partial charge on any atom is -0.378 e. The number of morpholine rings is 1. The third-order valence-electron chi connectivity index (χ3n) is 3.83. The van der Waals surface area contributed by atoms with E-state index >= 15 is 0 Å². The van der Waals surface area contributed by atoms with Crippen LogP contribution in [0.5, 0.6) is 0 Å². The van der Waals surface area contributed by atoms with Crippen LogP contribution in [0.4, 0.5) is 4.79 Å². The number of hydrogen-bond donors (Lipinski definition) is 1. The van der Waals surface area contributed by atoms with Crippen LogP contribution in [0, 0.1) is 0 Å². The van der Waals surface area contributed by atoms with Crippen LogP contribution in [-0.4, -0.2) is 53.9 Å². The maximum absolute atomic E-state index is 12.6. The lowest BCUT2D eigenvalue weighted by atomic mass is 10.1. The Labute approximate surface area is 143 Å². The van der Waals surface area contributed by atoms with E-state index in [4.69, 9.17) is 16.3 Å². The van der Waals surface area contributed by atoms with E-state index < -0.39 is 17.8 Å². The van der Waals surface area contributed by atoms with Gasteiger partial charge in [-0.05, 0) is 11.6 Å². The number of halogens is 1. The molecule has 24 heavy (non-hydrogen) atoms. The zero-order chi connectivity index (χ0) is 17.1. The molecule has 2 heterocycles. The van der Waals surface area contributed by atoms with Gasteiger partial charge in [0.2, 0.25) is 0 Å². The van der Waals surface area contributed by atoms with Crippen molar-refractivity contribution in [3.63, 3.8) is 0 Å². The van der Waals surface area contributed by atoms with Gasteiger partial charge in [-0.25, -0.2) is 4.79 Å². The Kier molecular flexibility index (Phi) is 4.82. The predicted molar refractivity (Wildman–Crippen MR) is 86.0 cm³/mol. The molecule has 126 valence electrons. The molecule has 1 N–H and O–H groups in total. The first kappa shape index (κ1) is 16.5. The molecular formula is C16H16ClN3O4. The second kappa shape index (κ2) is 7.02. The molecule has 2 aliphatic rings. The van der Waals surface area contributed by atoms with E-state index in [1.54, 1.807) is 24.3 Å². The number of nitrogens with one attached hydrogen (secondary N) is 1. The number of imide groups is 2. The highest BCUT2D eigenvalue weighted by atomic mass is 35.5. The van der Waals surface area contributed by atoms with Crippen LogP contribution in [0.25, 0.3) is 0 Å². The summed E-state index contributed by atoms with van der Waals surface area (Å²) in [6.45, 7) is 2.23. The van der Waals surface area contributed by atoms with Crippen LogP contribution in [0.15, 0.2) is 36.0 Å². The summed E-state index contributed by atoms with van der Waals surface area (Å²) >= 11 is 6.09. The standard InChI is InChI=1S/C16H16ClN3O4/c17-13-4-2-1-3-11(13)9-20-15(22)12(14(21)18-16(20)23)10-19-5-7-24-8-6-19/h1-4,10H,5-9H2,(H,18,21,23)/b12-10+. The summed E-state index contributed by atoms with van der Waals surface area (Å²) < 4.78 is 5.24. The van der Waals surface area contributed by atoms with E-state index in [-0.39, 0.29) is 12.1 Å². The number of barbiturate groups is 1. The summed E-state index contributed by atoms with van der Waals surface area (Å²) in [5, 5.41) is 2.65. The van der Waals surface area contributed by atoms with Gasteiger partial charge in [0.05, 0.1) is 19.8 Å². The van der Waals surface area contributed by atoms with E-state index in [0.29, 0.717) is 36.9 Å². The Bertz CT molecular complexity index is 713. The smallest absolute Gasteiger partial charge is 0.331 e. The minimum atomic E-state index is -0.746. The summed E-state index contributed by atoms with van der Waals surface area (Å²) in [5.41, 5.74) is 0.561. The van der Waals surface area contributed by atoms with Crippen molar-refractivity contribution >= 4 is 29.4 Å². The highest BCUT2D eigenvalue weighted by Gasteiger charge is 2.36. The molecule has 0 saturated carbocycles. The predicted octanol–water partition coefficient (Wildman–Crippen LogP) is 1.13. The molecule has 2 aliphatic heterocycles. The van der Waals surface area contributed by atoms with Gasteiger partial charge in [-0.1, -0.05) is 29.8 Å². The fourth-order valence-electron chi connectivity index (χ4n) is 2.51. The van der Waals surface area contributed by atoms with Gasteiger partial charge in [0.15, 0.2) is 0 Å². The fraction of sp³-hybridized carbons (Fsp3) is 0.312. The highest BCUT2D eigenvalue weighted by molar-refractivity contribution is 6.31. The molecule has 0 aliphatic carbocycles. The van der Waals surface area contributed by atoms with Gasteiger partial charge in [0, 0.05) is 24.3 Å². The van der Waals surface area contributed by atoms with Crippen molar-refractivity contribution < 1.29 is 19.1 Å². The minimum absolute atomic E-state index is 0.00191. The van der Waals surface area contributed by atoms with Gasteiger partial charge in [-0.15, -0.1) is 0 Å². The SMILES string of the molecule is O=C1NC(=O)N(Cc2ccccc2Cl)C(=O)/C1=C/N1CCOCC1. The zero-order valence-electron chi connectivity index (χ0n) is 12.8. The highest BCUT2D eigenvalue weighted by Crippen LogP contribution is 2.20. The van der Waals surface area contributed by atoms with Crippen molar-refractivity contribution in [2.24, 2.45) is 0 Å². The number of urea groups is 1. The molecule has 3 rings (SSSR count). The second-order valence-corrected chi connectivity index (χ2v) is 5.84. The van der Waals surface area contributed by atoms with Crippen molar-refractivity contribution in [3.8, 4) is 0 Å². The molecule has 2 fully saturated rings. The molecule has 7 nitrogen and oxygen atoms in total. The molecule has 4 amide bonds. The summed E-state index contributed by atoms with van der Waals surface area (Å²) in [5.74, 6) is -1.32. The van der Waals surface area contributed by atoms with Crippen molar-refractivity contribution in [1.82, 2.24) is 15.1 Å². The third kappa shape index (κ3) is 3.42. The molecule has 0 atom stereocenters. The summed E-state index contributed by atoms with van der Waals surface area (Å²) in [6.07, 6.45) is 1.49. The quantitative estimate of drug-likeness (QED) is 0.654. The van der Waals surface area contributed by atoms with Gasteiger partial charge >= 0.3 is 6.03 Å². The van der Waals surface area contributed by atoms with Gasteiger partial charge in [-0.2, -0.15) is 0 Å². The van der Waals surface area contributed by atoms with E-state index in [2.05, 4.69) is 5.32 Å².